The number of halogens is 1. The van der Waals surface area contributed by atoms with E-state index in [1.807, 2.05) is 57.2 Å². The second kappa shape index (κ2) is 13.4. The van der Waals surface area contributed by atoms with Crippen molar-refractivity contribution in [1.29, 1.82) is 0 Å². The molecule has 0 saturated heterocycles. The summed E-state index contributed by atoms with van der Waals surface area (Å²) in [7, 11) is 0. The number of carbonyl (C=O) groups is 2. The first kappa shape index (κ1) is 28.3. The molecule has 4 rings (SSSR count). The van der Waals surface area contributed by atoms with E-state index in [9.17, 15) is 14.0 Å². The third kappa shape index (κ3) is 7.92. The van der Waals surface area contributed by atoms with Crippen LogP contribution < -0.4 is 10.1 Å². The molecule has 6 heteroatoms. The largest absolute Gasteiger partial charge is 0.483 e. The quantitative estimate of drug-likeness (QED) is 0.339. The SMILES string of the molecule is Cc1cc(C)c(C)c(OCC(=O)N(Cc2ccc(F)cc2)[C@H](Cc2ccccc2)C(=O)NC2CCCCC2)c1. The molecule has 1 fully saturated rings. The van der Waals surface area contributed by atoms with Crippen molar-refractivity contribution in [3.63, 3.8) is 0 Å². The van der Waals surface area contributed by atoms with Gasteiger partial charge >= 0.3 is 0 Å². The minimum absolute atomic E-state index is 0.112. The lowest BCUT2D eigenvalue weighted by molar-refractivity contribution is -0.143. The molecule has 3 aromatic rings. The van der Waals surface area contributed by atoms with Crippen molar-refractivity contribution < 1.29 is 18.7 Å². The van der Waals surface area contributed by atoms with Gasteiger partial charge in [-0.1, -0.05) is 67.8 Å². The number of ether oxygens (including phenoxy) is 1. The van der Waals surface area contributed by atoms with E-state index in [0.717, 1.165) is 53.5 Å². The van der Waals surface area contributed by atoms with Crippen LogP contribution in [0.25, 0.3) is 0 Å². The third-order valence-corrected chi connectivity index (χ3v) is 7.60. The molecule has 1 aliphatic rings. The van der Waals surface area contributed by atoms with Gasteiger partial charge < -0.3 is 15.0 Å². The van der Waals surface area contributed by atoms with Gasteiger partial charge in [0.05, 0.1) is 0 Å². The first-order chi connectivity index (χ1) is 18.8. The summed E-state index contributed by atoms with van der Waals surface area (Å²) in [5.41, 5.74) is 4.83. The maximum absolute atomic E-state index is 13.8. The van der Waals surface area contributed by atoms with Crippen molar-refractivity contribution in [2.24, 2.45) is 0 Å². The second-order valence-corrected chi connectivity index (χ2v) is 10.7. The molecule has 0 heterocycles. The highest BCUT2D eigenvalue weighted by atomic mass is 19.1. The molecule has 1 aliphatic carbocycles. The zero-order chi connectivity index (χ0) is 27.8. The lowest BCUT2D eigenvalue weighted by atomic mass is 9.94. The van der Waals surface area contributed by atoms with Crippen molar-refractivity contribution in [2.45, 2.75) is 77.9 Å². The van der Waals surface area contributed by atoms with Gasteiger partial charge in [0.2, 0.25) is 5.91 Å². The van der Waals surface area contributed by atoms with E-state index in [1.54, 1.807) is 17.0 Å². The van der Waals surface area contributed by atoms with Crippen molar-refractivity contribution in [2.75, 3.05) is 6.61 Å². The normalized spacial score (nSPS) is 14.5. The predicted molar refractivity (Wildman–Crippen MR) is 152 cm³/mol. The van der Waals surface area contributed by atoms with E-state index in [1.165, 1.54) is 18.6 Å². The molecule has 1 atom stereocenters. The topological polar surface area (TPSA) is 58.6 Å². The molecule has 3 aromatic carbocycles. The van der Waals surface area contributed by atoms with Crippen LogP contribution in [0.5, 0.6) is 5.75 Å². The first-order valence-electron chi connectivity index (χ1n) is 13.9. The van der Waals surface area contributed by atoms with E-state index in [-0.39, 0.29) is 36.8 Å². The molecule has 0 aliphatic heterocycles. The maximum Gasteiger partial charge on any atom is 0.261 e. The van der Waals surface area contributed by atoms with Gasteiger partial charge in [0.25, 0.3) is 5.91 Å². The van der Waals surface area contributed by atoms with Crippen LogP contribution in [0, 0.1) is 26.6 Å². The van der Waals surface area contributed by atoms with E-state index < -0.39 is 6.04 Å². The van der Waals surface area contributed by atoms with E-state index in [2.05, 4.69) is 11.4 Å². The van der Waals surface area contributed by atoms with E-state index in [4.69, 9.17) is 4.74 Å². The van der Waals surface area contributed by atoms with Gasteiger partial charge in [-0.3, -0.25) is 9.59 Å². The summed E-state index contributed by atoms with van der Waals surface area (Å²) in [6.45, 7) is 5.95. The molecule has 2 amide bonds. The third-order valence-electron chi connectivity index (χ3n) is 7.60. The van der Waals surface area contributed by atoms with Gasteiger partial charge in [-0.2, -0.15) is 0 Å². The Hall–Kier alpha value is -3.67. The van der Waals surface area contributed by atoms with Crippen molar-refractivity contribution in [1.82, 2.24) is 10.2 Å². The number of rotatable bonds is 10. The Morgan fingerprint density at radius 2 is 1.64 bits per heavy atom. The highest BCUT2D eigenvalue weighted by molar-refractivity contribution is 5.88. The number of nitrogens with one attached hydrogen (secondary N) is 1. The molecular formula is C33H39FN2O3. The maximum atomic E-state index is 13.8. The second-order valence-electron chi connectivity index (χ2n) is 10.7. The van der Waals surface area contributed by atoms with Gasteiger partial charge in [0.15, 0.2) is 6.61 Å². The molecule has 0 radical (unpaired) electrons. The number of hydrogen-bond donors (Lipinski definition) is 1. The highest BCUT2D eigenvalue weighted by Crippen LogP contribution is 2.24. The lowest BCUT2D eigenvalue weighted by Gasteiger charge is -2.33. The molecule has 0 aromatic heterocycles. The summed E-state index contributed by atoms with van der Waals surface area (Å²) >= 11 is 0. The highest BCUT2D eigenvalue weighted by Gasteiger charge is 2.32. The smallest absolute Gasteiger partial charge is 0.261 e. The molecule has 0 unspecified atom stereocenters. The minimum atomic E-state index is -0.740. The molecule has 5 nitrogen and oxygen atoms in total. The van der Waals surface area contributed by atoms with Crippen LogP contribution in [0.2, 0.25) is 0 Å². The molecule has 39 heavy (non-hydrogen) atoms. The predicted octanol–water partition coefficient (Wildman–Crippen LogP) is 6.22. The Balaban J connectivity index is 1.63. The van der Waals surface area contributed by atoms with Crippen LogP contribution in [0.15, 0.2) is 66.7 Å². The van der Waals surface area contributed by atoms with Crippen LogP contribution >= 0.6 is 0 Å². The summed E-state index contributed by atoms with van der Waals surface area (Å²) in [4.78, 5) is 29.3. The van der Waals surface area contributed by atoms with Gasteiger partial charge in [0, 0.05) is 19.0 Å². The summed E-state index contributed by atoms with van der Waals surface area (Å²) < 4.78 is 19.7. The number of hydrogen-bond acceptors (Lipinski definition) is 3. The lowest BCUT2D eigenvalue weighted by Crippen LogP contribution is -2.53. The van der Waals surface area contributed by atoms with E-state index in [0.29, 0.717) is 12.2 Å². The Bertz CT molecular complexity index is 1250. The van der Waals surface area contributed by atoms with Crippen LogP contribution in [-0.2, 0) is 22.6 Å². The Morgan fingerprint density at radius 3 is 2.33 bits per heavy atom. The number of nitrogens with zero attached hydrogens (tertiary/aromatic N) is 1. The fraction of sp³-hybridized carbons (Fsp3) is 0.394. The number of aryl methyl sites for hydroxylation is 2. The fourth-order valence-electron chi connectivity index (χ4n) is 5.26. The molecule has 1 saturated carbocycles. The van der Waals surface area contributed by atoms with Crippen LogP contribution in [0.1, 0.15) is 59.9 Å². The average Bonchev–Trinajstić information content (AvgIpc) is 2.93. The van der Waals surface area contributed by atoms with Crippen molar-refractivity contribution in [3.8, 4) is 5.75 Å². The molecule has 0 spiro atoms. The van der Waals surface area contributed by atoms with E-state index >= 15 is 0 Å². The summed E-state index contributed by atoms with van der Waals surface area (Å²) in [5.74, 6) is -0.142. The molecule has 206 valence electrons. The summed E-state index contributed by atoms with van der Waals surface area (Å²) in [6.07, 6.45) is 5.64. The summed E-state index contributed by atoms with van der Waals surface area (Å²) in [5, 5.41) is 3.23. The van der Waals surface area contributed by atoms with Crippen LogP contribution in [0.4, 0.5) is 4.39 Å². The monoisotopic (exact) mass is 530 g/mol. The Labute approximate surface area is 231 Å². The van der Waals surface area contributed by atoms with Gasteiger partial charge in [0.1, 0.15) is 17.6 Å². The Morgan fingerprint density at radius 1 is 0.949 bits per heavy atom. The standard InChI is InChI=1S/C33H39FN2O3/c1-23-18-24(2)25(3)31(19-23)39-22-32(37)36(21-27-14-16-28(34)17-15-27)30(20-26-10-6-4-7-11-26)33(38)35-29-12-8-5-9-13-29/h4,6-7,10-11,14-19,29-30H,5,8-9,12-13,20-22H2,1-3H3,(H,35,38)/t30-/m1/s1. The Kier molecular flexibility index (Phi) is 9.74. The molecular weight excluding hydrogens is 491 g/mol. The van der Waals surface area contributed by atoms with Gasteiger partial charge in [-0.05, 0) is 79.6 Å². The van der Waals surface area contributed by atoms with Crippen molar-refractivity contribution in [3.05, 3.63) is 100 Å². The van der Waals surface area contributed by atoms with Gasteiger partial charge in [-0.25, -0.2) is 4.39 Å². The van der Waals surface area contributed by atoms with Crippen LogP contribution in [-0.4, -0.2) is 35.4 Å². The summed E-state index contributed by atoms with van der Waals surface area (Å²) in [6, 6.07) is 19.2. The van der Waals surface area contributed by atoms with Crippen molar-refractivity contribution >= 4 is 11.8 Å². The fourth-order valence-corrected chi connectivity index (χ4v) is 5.26. The number of carbonyl (C=O) groups excluding carboxylic acids is 2. The molecule has 0 bridgehead atoms. The zero-order valence-corrected chi connectivity index (χ0v) is 23.2. The zero-order valence-electron chi connectivity index (χ0n) is 23.2. The number of benzene rings is 3. The minimum Gasteiger partial charge on any atom is -0.483 e. The number of amides is 2. The van der Waals surface area contributed by atoms with Gasteiger partial charge in [-0.15, -0.1) is 0 Å². The molecule has 1 N–H and O–H groups in total. The first-order valence-corrected chi connectivity index (χ1v) is 13.9. The van der Waals surface area contributed by atoms with Crippen LogP contribution in [0.3, 0.4) is 0 Å². The average molecular weight is 531 g/mol.